The lowest BCUT2D eigenvalue weighted by atomic mass is 10.1. The van der Waals surface area contributed by atoms with Gasteiger partial charge in [-0.3, -0.25) is 0 Å². The summed E-state index contributed by atoms with van der Waals surface area (Å²) in [6, 6.07) is 3.85. The lowest BCUT2D eigenvalue weighted by Crippen LogP contribution is -2.00. The van der Waals surface area contributed by atoms with E-state index in [9.17, 15) is 0 Å². The van der Waals surface area contributed by atoms with Crippen molar-refractivity contribution in [2.75, 3.05) is 0 Å². The van der Waals surface area contributed by atoms with Crippen molar-refractivity contribution in [2.45, 2.75) is 26.8 Å². The normalized spacial score (nSPS) is 11.6. The molecule has 0 bridgehead atoms. The topological polar surface area (TPSA) is 17.8 Å². The van der Waals surface area contributed by atoms with E-state index in [1.54, 1.807) is 0 Å². The highest BCUT2D eigenvalue weighted by Gasteiger charge is 2.07. The smallest absolute Gasteiger partial charge is 0.140 e. The Morgan fingerprint density at radius 3 is 2.81 bits per heavy atom. The zero-order valence-electron chi connectivity index (χ0n) is 9.37. The second-order valence-corrected chi connectivity index (χ2v) is 5.11. The van der Waals surface area contributed by atoms with E-state index in [0.717, 1.165) is 23.9 Å². The highest BCUT2D eigenvalue weighted by molar-refractivity contribution is 6.36. The third-order valence-electron chi connectivity index (χ3n) is 2.64. The van der Waals surface area contributed by atoms with Crippen LogP contribution in [-0.2, 0) is 6.54 Å². The fourth-order valence-corrected chi connectivity index (χ4v) is 2.19. The van der Waals surface area contributed by atoms with Crippen molar-refractivity contribution in [2.24, 2.45) is 5.92 Å². The third kappa shape index (κ3) is 2.33. The molecule has 2 aromatic rings. The zero-order valence-corrected chi connectivity index (χ0v) is 10.9. The van der Waals surface area contributed by atoms with E-state index in [4.69, 9.17) is 23.2 Å². The Balaban J connectivity index is 2.40. The van der Waals surface area contributed by atoms with Gasteiger partial charge < -0.3 is 4.57 Å². The molecular weight excluding hydrogens is 243 g/mol. The van der Waals surface area contributed by atoms with Gasteiger partial charge in [-0.15, -0.1) is 0 Å². The van der Waals surface area contributed by atoms with Gasteiger partial charge in [-0.1, -0.05) is 37.0 Å². The first-order valence-corrected chi connectivity index (χ1v) is 6.14. The van der Waals surface area contributed by atoms with E-state index in [0.29, 0.717) is 16.2 Å². The maximum atomic E-state index is 6.03. The molecule has 0 aromatic carbocycles. The van der Waals surface area contributed by atoms with Crippen LogP contribution < -0.4 is 0 Å². The van der Waals surface area contributed by atoms with Crippen LogP contribution in [0.4, 0.5) is 0 Å². The van der Waals surface area contributed by atoms with Gasteiger partial charge in [0.15, 0.2) is 0 Å². The Morgan fingerprint density at radius 1 is 1.38 bits per heavy atom. The minimum Gasteiger partial charge on any atom is -0.347 e. The first-order valence-electron chi connectivity index (χ1n) is 5.39. The maximum absolute atomic E-state index is 6.03. The second kappa shape index (κ2) is 4.64. The first-order chi connectivity index (χ1) is 7.58. The van der Waals surface area contributed by atoms with Gasteiger partial charge in [0.05, 0.1) is 5.52 Å². The predicted molar refractivity (Wildman–Crippen MR) is 69.2 cm³/mol. The Kier molecular flexibility index (Phi) is 3.41. The molecular formula is C12H14Cl2N2. The van der Waals surface area contributed by atoms with Crippen LogP contribution in [0.3, 0.4) is 0 Å². The third-order valence-corrected chi connectivity index (χ3v) is 3.12. The maximum Gasteiger partial charge on any atom is 0.140 e. The summed E-state index contributed by atoms with van der Waals surface area (Å²) < 4.78 is 2.18. The predicted octanol–water partition coefficient (Wildman–Crippen LogP) is 4.39. The van der Waals surface area contributed by atoms with Crippen molar-refractivity contribution in [3.8, 4) is 0 Å². The van der Waals surface area contributed by atoms with E-state index >= 15 is 0 Å². The molecule has 0 aliphatic rings. The zero-order chi connectivity index (χ0) is 11.7. The summed E-state index contributed by atoms with van der Waals surface area (Å²) in [6.45, 7) is 5.41. The summed E-state index contributed by atoms with van der Waals surface area (Å²) >= 11 is 11.9. The molecule has 0 fully saturated rings. The molecule has 0 unspecified atom stereocenters. The van der Waals surface area contributed by atoms with Crippen LogP contribution in [0, 0.1) is 5.92 Å². The quantitative estimate of drug-likeness (QED) is 0.745. The number of halogens is 2. The Morgan fingerprint density at radius 2 is 2.12 bits per heavy atom. The molecule has 0 N–H and O–H groups in total. The molecule has 16 heavy (non-hydrogen) atoms. The Hall–Kier alpha value is -0.730. The standard InChI is InChI=1S/C12H14Cl2N2/c1-8(2)3-5-16-6-4-9-10(16)7-11(13)15-12(9)14/h4,6-8H,3,5H2,1-2H3. The Labute approximate surface area is 105 Å². The number of hydrogen-bond donors (Lipinski definition) is 0. The van der Waals surface area contributed by atoms with Crippen LogP contribution in [0.25, 0.3) is 10.9 Å². The molecule has 0 aliphatic carbocycles. The van der Waals surface area contributed by atoms with Gasteiger partial charge in [0.2, 0.25) is 0 Å². The monoisotopic (exact) mass is 256 g/mol. The summed E-state index contributed by atoms with van der Waals surface area (Å²) in [5, 5.41) is 1.89. The summed E-state index contributed by atoms with van der Waals surface area (Å²) in [4.78, 5) is 4.03. The number of rotatable bonds is 3. The summed E-state index contributed by atoms with van der Waals surface area (Å²) in [5.74, 6) is 0.685. The highest BCUT2D eigenvalue weighted by atomic mass is 35.5. The van der Waals surface area contributed by atoms with Crippen LogP contribution in [0.15, 0.2) is 18.3 Å². The minimum absolute atomic E-state index is 0.446. The van der Waals surface area contributed by atoms with Crippen LogP contribution in [0.2, 0.25) is 10.3 Å². The molecule has 0 spiro atoms. The van der Waals surface area contributed by atoms with Crippen molar-refractivity contribution < 1.29 is 0 Å². The molecule has 2 rings (SSSR count). The van der Waals surface area contributed by atoms with E-state index in [-0.39, 0.29) is 0 Å². The molecule has 86 valence electrons. The van der Waals surface area contributed by atoms with Gasteiger partial charge in [-0.25, -0.2) is 4.98 Å². The minimum atomic E-state index is 0.446. The van der Waals surface area contributed by atoms with Crippen molar-refractivity contribution in [1.29, 1.82) is 0 Å². The van der Waals surface area contributed by atoms with Gasteiger partial charge >= 0.3 is 0 Å². The van der Waals surface area contributed by atoms with E-state index in [1.165, 1.54) is 0 Å². The average Bonchev–Trinajstić information content (AvgIpc) is 2.58. The van der Waals surface area contributed by atoms with Gasteiger partial charge in [0, 0.05) is 18.1 Å². The van der Waals surface area contributed by atoms with E-state index in [1.807, 2.05) is 18.3 Å². The molecule has 0 saturated carbocycles. The number of aryl methyl sites for hydroxylation is 1. The number of pyridine rings is 1. The molecule has 0 saturated heterocycles. The molecule has 2 heterocycles. The summed E-state index contributed by atoms with van der Waals surface area (Å²) in [7, 11) is 0. The van der Waals surface area contributed by atoms with Crippen LogP contribution >= 0.6 is 23.2 Å². The molecule has 0 radical (unpaired) electrons. The number of aromatic nitrogens is 2. The molecule has 0 atom stereocenters. The fourth-order valence-electron chi connectivity index (χ4n) is 1.71. The van der Waals surface area contributed by atoms with Crippen molar-refractivity contribution >= 4 is 34.1 Å². The lowest BCUT2D eigenvalue weighted by molar-refractivity contribution is 0.524. The fraction of sp³-hybridized carbons (Fsp3) is 0.417. The van der Waals surface area contributed by atoms with Gasteiger partial charge in [-0.2, -0.15) is 0 Å². The molecule has 0 aliphatic heterocycles. The van der Waals surface area contributed by atoms with Gasteiger partial charge in [0.25, 0.3) is 0 Å². The summed E-state index contributed by atoms with van der Waals surface area (Å²) in [5.41, 5.74) is 1.06. The Bertz CT molecular complexity index is 503. The van der Waals surface area contributed by atoms with Crippen molar-refractivity contribution in [3.63, 3.8) is 0 Å². The van der Waals surface area contributed by atoms with Crippen molar-refractivity contribution in [3.05, 3.63) is 28.6 Å². The van der Waals surface area contributed by atoms with Crippen molar-refractivity contribution in [1.82, 2.24) is 9.55 Å². The molecule has 2 aromatic heterocycles. The largest absolute Gasteiger partial charge is 0.347 e. The average molecular weight is 257 g/mol. The SMILES string of the molecule is CC(C)CCn1ccc2c(Cl)nc(Cl)cc21. The highest BCUT2D eigenvalue weighted by Crippen LogP contribution is 2.26. The second-order valence-electron chi connectivity index (χ2n) is 4.36. The first kappa shape index (κ1) is 11.7. The van der Waals surface area contributed by atoms with E-state index < -0.39 is 0 Å². The molecule has 4 heteroatoms. The van der Waals surface area contributed by atoms with Gasteiger partial charge in [0.1, 0.15) is 10.3 Å². The molecule has 2 nitrogen and oxygen atoms in total. The lowest BCUT2D eigenvalue weighted by Gasteiger charge is -2.08. The van der Waals surface area contributed by atoms with Crippen LogP contribution in [-0.4, -0.2) is 9.55 Å². The number of nitrogens with zero attached hydrogens (tertiary/aromatic N) is 2. The van der Waals surface area contributed by atoms with Gasteiger partial charge in [-0.05, 0) is 24.5 Å². The number of fused-ring (bicyclic) bond motifs is 1. The molecule has 0 amide bonds. The number of hydrogen-bond acceptors (Lipinski definition) is 1. The summed E-state index contributed by atoms with van der Waals surface area (Å²) in [6.07, 6.45) is 3.18. The van der Waals surface area contributed by atoms with Crippen LogP contribution in [0.5, 0.6) is 0 Å². The van der Waals surface area contributed by atoms with E-state index in [2.05, 4.69) is 23.4 Å². The van der Waals surface area contributed by atoms with Crippen LogP contribution in [0.1, 0.15) is 20.3 Å².